The Morgan fingerprint density at radius 1 is 1.29 bits per heavy atom. The first-order valence-corrected chi connectivity index (χ1v) is 8.13. The molecule has 1 heterocycles. The number of aryl methyl sites for hydroxylation is 1. The number of nitrogens with zero attached hydrogens (tertiary/aromatic N) is 1. The molecule has 2 aromatic rings. The third-order valence-corrected chi connectivity index (χ3v) is 4.66. The van der Waals surface area contributed by atoms with E-state index in [2.05, 4.69) is 15.2 Å². The number of halogens is 1. The fourth-order valence-corrected chi connectivity index (χ4v) is 3.35. The highest BCUT2D eigenvalue weighted by atomic mass is 35.5. The van der Waals surface area contributed by atoms with E-state index in [1.165, 1.54) is 0 Å². The minimum atomic E-state index is -3.72. The first-order valence-electron chi connectivity index (χ1n) is 6.27. The van der Waals surface area contributed by atoms with Crippen LogP contribution in [0.25, 0.3) is 0 Å². The average molecular weight is 330 g/mol. The van der Waals surface area contributed by atoms with Crippen LogP contribution in [0.3, 0.4) is 0 Å². The lowest BCUT2D eigenvalue weighted by molar-refractivity contribution is 0.377. The fraction of sp³-hybridized carbons (Fsp3) is 0.308. The number of nitrogens with one attached hydrogen (secondary N) is 2. The van der Waals surface area contributed by atoms with Gasteiger partial charge in [0.15, 0.2) is 5.76 Å². The van der Waals surface area contributed by atoms with E-state index in [-0.39, 0.29) is 16.5 Å². The van der Waals surface area contributed by atoms with Gasteiger partial charge in [0.05, 0.1) is 17.3 Å². The topological polar surface area (TPSA) is 84.2 Å². The monoisotopic (exact) mass is 329 g/mol. The Morgan fingerprint density at radius 2 is 2.05 bits per heavy atom. The lowest BCUT2D eigenvalue weighted by Crippen LogP contribution is -2.23. The fourth-order valence-electron chi connectivity index (χ4n) is 1.81. The molecule has 0 amide bonds. The van der Waals surface area contributed by atoms with E-state index in [4.69, 9.17) is 16.1 Å². The van der Waals surface area contributed by atoms with Crippen molar-refractivity contribution in [1.29, 1.82) is 0 Å². The predicted molar refractivity (Wildman–Crippen MR) is 79.5 cm³/mol. The van der Waals surface area contributed by atoms with Crippen molar-refractivity contribution in [3.8, 4) is 0 Å². The molecule has 0 spiro atoms. The Hall–Kier alpha value is -1.41. The summed E-state index contributed by atoms with van der Waals surface area (Å²) >= 11 is 5.99. The minimum absolute atomic E-state index is 0.0236. The smallest absolute Gasteiger partial charge is 0.242 e. The molecule has 8 heteroatoms. The standard InChI is InChI=1S/C13H16ClN3O3S/c1-9-5-11(20-17-9)8-16-21(18,19)13-6-10(7-15-2)3-4-12(13)14/h3-6,15-16H,7-8H2,1-2H3. The molecule has 0 aliphatic heterocycles. The Kier molecular flexibility index (Phi) is 5.00. The van der Waals surface area contributed by atoms with Crippen molar-refractivity contribution in [2.24, 2.45) is 0 Å². The molecule has 0 unspecified atom stereocenters. The van der Waals surface area contributed by atoms with Gasteiger partial charge in [-0.3, -0.25) is 0 Å². The summed E-state index contributed by atoms with van der Waals surface area (Å²) in [5.41, 5.74) is 1.52. The molecule has 114 valence electrons. The van der Waals surface area contributed by atoms with Crippen molar-refractivity contribution in [3.63, 3.8) is 0 Å². The van der Waals surface area contributed by atoms with Gasteiger partial charge in [0.1, 0.15) is 4.90 Å². The van der Waals surface area contributed by atoms with Gasteiger partial charge in [-0.15, -0.1) is 0 Å². The van der Waals surface area contributed by atoms with Crippen LogP contribution in [0.1, 0.15) is 17.0 Å². The van der Waals surface area contributed by atoms with Crippen LogP contribution in [-0.2, 0) is 23.1 Å². The molecule has 1 aromatic heterocycles. The van der Waals surface area contributed by atoms with Crippen molar-refractivity contribution in [3.05, 3.63) is 46.3 Å². The summed E-state index contributed by atoms with van der Waals surface area (Å²) in [6, 6.07) is 6.56. The van der Waals surface area contributed by atoms with Crippen molar-refractivity contribution in [1.82, 2.24) is 15.2 Å². The summed E-state index contributed by atoms with van der Waals surface area (Å²) in [4.78, 5) is 0.0492. The van der Waals surface area contributed by atoms with E-state index in [0.717, 1.165) is 5.56 Å². The van der Waals surface area contributed by atoms with Crippen molar-refractivity contribution in [2.45, 2.75) is 24.9 Å². The summed E-state index contributed by atoms with van der Waals surface area (Å²) in [7, 11) is -1.93. The van der Waals surface area contributed by atoms with E-state index in [9.17, 15) is 8.42 Å². The predicted octanol–water partition coefficient (Wildman–Crippen LogP) is 1.83. The van der Waals surface area contributed by atoms with Gasteiger partial charge in [0.2, 0.25) is 10.0 Å². The number of benzene rings is 1. The molecule has 6 nitrogen and oxygen atoms in total. The third kappa shape index (κ3) is 4.04. The highest BCUT2D eigenvalue weighted by Crippen LogP contribution is 2.23. The number of aromatic nitrogens is 1. The zero-order valence-electron chi connectivity index (χ0n) is 11.7. The molecule has 0 bridgehead atoms. The maximum atomic E-state index is 12.3. The molecule has 0 radical (unpaired) electrons. The highest BCUT2D eigenvalue weighted by Gasteiger charge is 2.19. The van der Waals surface area contributed by atoms with Crippen molar-refractivity contribution >= 4 is 21.6 Å². The zero-order valence-corrected chi connectivity index (χ0v) is 13.3. The van der Waals surface area contributed by atoms with E-state index in [0.29, 0.717) is 18.0 Å². The van der Waals surface area contributed by atoms with Crippen LogP contribution < -0.4 is 10.0 Å². The Labute approximate surface area is 128 Å². The number of hydrogen-bond donors (Lipinski definition) is 2. The van der Waals surface area contributed by atoms with Crippen LogP contribution >= 0.6 is 11.6 Å². The van der Waals surface area contributed by atoms with E-state index in [1.54, 1.807) is 38.2 Å². The van der Waals surface area contributed by atoms with Crippen LogP contribution in [0.4, 0.5) is 0 Å². The molecular formula is C13H16ClN3O3S. The molecule has 0 saturated heterocycles. The van der Waals surface area contributed by atoms with E-state index < -0.39 is 10.0 Å². The molecule has 2 N–H and O–H groups in total. The molecule has 21 heavy (non-hydrogen) atoms. The van der Waals surface area contributed by atoms with E-state index >= 15 is 0 Å². The maximum absolute atomic E-state index is 12.3. The Balaban J connectivity index is 2.20. The van der Waals surface area contributed by atoms with Crippen molar-refractivity contribution < 1.29 is 12.9 Å². The average Bonchev–Trinajstić information content (AvgIpc) is 2.85. The van der Waals surface area contributed by atoms with Crippen LogP contribution in [0, 0.1) is 6.92 Å². The normalized spacial score (nSPS) is 11.8. The van der Waals surface area contributed by atoms with Gasteiger partial charge < -0.3 is 9.84 Å². The number of sulfonamides is 1. The van der Waals surface area contributed by atoms with Gasteiger partial charge in [-0.05, 0) is 31.7 Å². The summed E-state index contributed by atoms with van der Waals surface area (Å²) < 4.78 is 32.0. The van der Waals surface area contributed by atoms with Gasteiger partial charge in [-0.1, -0.05) is 22.8 Å². The lowest BCUT2D eigenvalue weighted by Gasteiger charge is -2.09. The lowest BCUT2D eigenvalue weighted by atomic mass is 10.2. The van der Waals surface area contributed by atoms with Gasteiger partial charge in [0, 0.05) is 12.6 Å². The molecule has 0 aliphatic rings. The summed E-state index contributed by atoms with van der Waals surface area (Å²) in [6.07, 6.45) is 0. The van der Waals surface area contributed by atoms with E-state index in [1.807, 2.05) is 0 Å². The molecule has 0 aliphatic carbocycles. The molecule has 0 atom stereocenters. The Morgan fingerprint density at radius 3 is 2.67 bits per heavy atom. The van der Waals surface area contributed by atoms with Crippen LogP contribution in [0.15, 0.2) is 33.7 Å². The molecule has 0 saturated carbocycles. The van der Waals surface area contributed by atoms with Gasteiger partial charge in [-0.25, -0.2) is 13.1 Å². The van der Waals surface area contributed by atoms with Crippen LogP contribution in [0.5, 0.6) is 0 Å². The molecule has 1 aromatic carbocycles. The third-order valence-electron chi connectivity index (χ3n) is 2.78. The van der Waals surface area contributed by atoms with Crippen molar-refractivity contribution in [2.75, 3.05) is 7.05 Å². The SMILES string of the molecule is CNCc1ccc(Cl)c(S(=O)(=O)NCc2cc(C)no2)c1. The summed E-state index contributed by atoms with van der Waals surface area (Å²) in [6.45, 7) is 2.34. The second-order valence-electron chi connectivity index (χ2n) is 4.55. The quantitative estimate of drug-likeness (QED) is 0.844. The molecule has 2 rings (SSSR count). The summed E-state index contributed by atoms with van der Waals surface area (Å²) in [5, 5.41) is 6.84. The van der Waals surface area contributed by atoms with Crippen LogP contribution in [-0.4, -0.2) is 20.6 Å². The Bertz CT molecular complexity index is 728. The van der Waals surface area contributed by atoms with Gasteiger partial charge in [-0.2, -0.15) is 0 Å². The van der Waals surface area contributed by atoms with Crippen LogP contribution in [0.2, 0.25) is 5.02 Å². The highest BCUT2D eigenvalue weighted by molar-refractivity contribution is 7.89. The molecule has 0 fully saturated rings. The van der Waals surface area contributed by atoms with Gasteiger partial charge in [0.25, 0.3) is 0 Å². The first-order chi connectivity index (χ1) is 9.92. The number of rotatable bonds is 6. The second-order valence-corrected chi connectivity index (χ2v) is 6.70. The second kappa shape index (κ2) is 6.57. The maximum Gasteiger partial charge on any atom is 0.242 e. The number of hydrogen-bond acceptors (Lipinski definition) is 5. The zero-order chi connectivity index (χ0) is 15.5. The minimum Gasteiger partial charge on any atom is -0.360 e. The largest absolute Gasteiger partial charge is 0.360 e. The molecular weight excluding hydrogens is 314 g/mol. The summed E-state index contributed by atoms with van der Waals surface area (Å²) in [5.74, 6) is 0.443. The first kappa shape index (κ1) is 16.0. The van der Waals surface area contributed by atoms with Gasteiger partial charge >= 0.3 is 0 Å².